The van der Waals surface area contributed by atoms with Crippen molar-refractivity contribution < 1.29 is 0 Å². The Kier molecular flexibility index (Phi) is 3.05. The zero-order valence-electron chi connectivity index (χ0n) is 11.0. The summed E-state index contributed by atoms with van der Waals surface area (Å²) in [5.74, 6) is 0.397. The zero-order valence-corrected chi connectivity index (χ0v) is 11.0. The average Bonchev–Trinajstić information content (AvgIpc) is 2.90. The van der Waals surface area contributed by atoms with Crippen LogP contribution >= 0.6 is 0 Å². The zero-order chi connectivity index (χ0) is 13.2. The van der Waals surface area contributed by atoms with Crippen LogP contribution in [0.3, 0.4) is 0 Å². The van der Waals surface area contributed by atoms with E-state index in [1.807, 2.05) is 12.3 Å². The number of hydrogen-bond donors (Lipinski definition) is 1. The molecule has 0 amide bonds. The predicted octanol–water partition coefficient (Wildman–Crippen LogP) is 3.09. The second-order valence-electron chi connectivity index (χ2n) is 4.83. The van der Waals surface area contributed by atoms with Gasteiger partial charge in [0, 0.05) is 23.5 Å². The van der Waals surface area contributed by atoms with Crippen LogP contribution < -0.4 is 5.73 Å². The number of fused-ring (bicyclic) bond motifs is 1. The summed E-state index contributed by atoms with van der Waals surface area (Å²) in [7, 11) is 0. The normalized spacial score (nSPS) is 12.7. The van der Waals surface area contributed by atoms with Crippen molar-refractivity contribution >= 4 is 11.0 Å². The summed E-state index contributed by atoms with van der Waals surface area (Å²) in [6, 6.07) is 14.6. The molecular weight excluding hydrogens is 234 g/mol. The number of nitrogens with two attached hydrogens (primary N) is 1. The first-order valence-corrected chi connectivity index (χ1v) is 6.52. The van der Waals surface area contributed by atoms with Gasteiger partial charge in [0.05, 0.1) is 0 Å². The molecule has 0 aliphatic carbocycles. The van der Waals surface area contributed by atoms with E-state index in [1.165, 1.54) is 5.56 Å². The highest BCUT2D eigenvalue weighted by Crippen LogP contribution is 2.20. The molecule has 0 bridgehead atoms. The van der Waals surface area contributed by atoms with Gasteiger partial charge in [0.2, 0.25) is 0 Å². The van der Waals surface area contributed by atoms with Crippen LogP contribution in [0, 0.1) is 0 Å². The summed E-state index contributed by atoms with van der Waals surface area (Å²) in [5.41, 5.74) is 9.08. The third-order valence-corrected chi connectivity index (χ3v) is 3.54. The minimum Gasteiger partial charge on any atom is -0.330 e. The van der Waals surface area contributed by atoms with E-state index in [1.54, 1.807) is 0 Å². The molecule has 3 aromatic rings. The van der Waals surface area contributed by atoms with Crippen molar-refractivity contribution in [3.63, 3.8) is 0 Å². The monoisotopic (exact) mass is 251 g/mol. The Morgan fingerprint density at radius 1 is 1.16 bits per heavy atom. The molecule has 3 rings (SSSR count). The van der Waals surface area contributed by atoms with Crippen LogP contribution in [0.5, 0.6) is 0 Å². The molecule has 2 N–H and O–H groups in total. The molecule has 1 aromatic carbocycles. The first kappa shape index (κ1) is 11.9. The fraction of sp³-hybridized carbons (Fsp3) is 0.188. The largest absolute Gasteiger partial charge is 0.330 e. The molecule has 0 fully saturated rings. The Balaban J connectivity index is 2.02. The van der Waals surface area contributed by atoms with E-state index in [2.05, 4.69) is 59.1 Å². The maximum absolute atomic E-state index is 5.70. The van der Waals surface area contributed by atoms with Crippen LogP contribution in [-0.2, 0) is 0 Å². The Labute approximate surface area is 112 Å². The molecule has 0 saturated carbocycles. The van der Waals surface area contributed by atoms with E-state index in [-0.39, 0.29) is 0 Å². The molecule has 0 spiro atoms. The number of benzene rings is 1. The molecule has 1 unspecified atom stereocenters. The molecule has 1 atom stereocenters. The standard InChI is InChI=1S/C16H17N3/c1-12(11-17)13-4-6-15(7-5-13)19-10-8-14-3-2-9-18-16(14)19/h2-10,12H,11,17H2,1H3. The molecule has 19 heavy (non-hydrogen) atoms. The highest BCUT2D eigenvalue weighted by atomic mass is 15.0. The van der Waals surface area contributed by atoms with E-state index in [0.29, 0.717) is 12.5 Å². The number of aromatic nitrogens is 2. The fourth-order valence-corrected chi connectivity index (χ4v) is 2.27. The number of pyridine rings is 1. The lowest BCUT2D eigenvalue weighted by Gasteiger charge is -2.10. The topological polar surface area (TPSA) is 43.8 Å². The van der Waals surface area contributed by atoms with Crippen molar-refractivity contribution in [2.24, 2.45) is 5.73 Å². The molecule has 0 saturated heterocycles. The summed E-state index contributed by atoms with van der Waals surface area (Å²) in [6.07, 6.45) is 3.88. The molecule has 96 valence electrons. The summed E-state index contributed by atoms with van der Waals surface area (Å²) < 4.78 is 2.10. The minimum atomic E-state index is 0.397. The lowest BCUT2D eigenvalue weighted by molar-refractivity contribution is 0.774. The summed E-state index contributed by atoms with van der Waals surface area (Å²) in [6.45, 7) is 2.81. The Morgan fingerprint density at radius 3 is 2.68 bits per heavy atom. The minimum absolute atomic E-state index is 0.397. The SMILES string of the molecule is CC(CN)c1ccc(-n2ccc3cccnc32)cc1. The first-order chi connectivity index (χ1) is 9.29. The van der Waals surface area contributed by atoms with Gasteiger partial charge in [-0.3, -0.25) is 0 Å². The smallest absolute Gasteiger partial charge is 0.144 e. The van der Waals surface area contributed by atoms with Gasteiger partial charge in [-0.05, 0) is 48.4 Å². The van der Waals surface area contributed by atoms with E-state index < -0.39 is 0 Å². The van der Waals surface area contributed by atoms with Crippen LogP contribution in [-0.4, -0.2) is 16.1 Å². The van der Waals surface area contributed by atoms with Crippen LogP contribution in [0.4, 0.5) is 0 Å². The van der Waals surface area contributed by atoms with Crippen molar-refractivity contribution in [2.75, 3.05) is 6.54 Å². The molecule has 2 aromatic heterocycles. The third kappa shape index (κ3) is 2.13. The van der Waals surface area contributed by atoms with E-state index >= 15 is 0 Å². The van der Waals surface area contributed by atoms with Crippen molar-refractivity contribution in [2.45, 2.75) is 12.8 Å². The Morgan fingerprint density at radius 2 is 1.95 bits per heavy atom. The van der Waals surface area contributed by atoms with Crippen molar-refractivity contribution in [3.8, 4) is 5.69 Å². The highest BCUT2D eigenvalue weighted by Gasteiger charge is 2.06. The first-order valence-electron chi connectivity index (χ1n) is 6.52. The van der Waals surface area contributed by atoms with Gasteiger partial charge in [-0.2, -0.15) is 0 Å². The predicted molar refractivity (Wildman–Crippen MR) is 78.5 cm³/mol. The van der Waals surface area contributed by atoms with Gasteiger partial charge >= 0.3 is 0 Å². The quantitative estimate of drug-likeness (QED) is 0.777. The van der Waals surface area contributed by atoms with Gasteiger partial charge in [-0.1, -0.05) is 19.1 Å². The molecule has 0 aliphatic rings. The molecule has 3 heteroatoms. The van der Waals surface area contributed by atoms with E-state index in [9.17, 15) is 0 Å². The molecule has 3 nitrogen and oxygen atoms in total. The third-order valence-electron chi connectivity index (χ3n) is 3.54. The maximum atomic E-state index is 5.70. The van der Waals surface area contributed by atoms with Gasteiger partial charge in [-0.15, -0.1) is 0 Å². The Bertz CT molecular complexity index is 683. The van der Waals surface area contributed by atoms with Crippen LogP contribution in [0.25, 0.3) is 16.7 Å². The molecular formula is C16H17N3. The van der Waals surface area contributed by atoms with Gasteiger partial charge < -0.3 is 10.3 Å². The summed E-state index contributed by atoms with van der Waals surface area (Å²) >= 11 is 0. The van der Waals surface area contributed by atoms with E-state index in [4.69, 9.17) is 5.73 Å². The second kappa shape index (κ2) is 4.86. The lowest BCUT2D eigenvalue weighted by atomic mass is 10.0. The molecule has 0 aliphatic heterocycles. The number of hydrogen-bond acceptors (Lipinski definition) is 2. The summed E-state index contributed by atoms with van der Waals surface area (Å²) in [5, 5.41) is 1.15. The average molecular weight is 251 g/mol. The molecule has 2 heterocycles. The van der Waals surface area contributed by atoms with Gasteiger partial charge in [0.15, 0.2) is 0 Å². The fourth-order valence-electron chi connectivity index (χ4n) is 2.27. The number of rotatable bonds is 3. The van der Waals surface area contributed by atoms with Gasteiger partial charge in [-0.25, -0.2) is 4.98 Å². The molecule has 0 radical (unpaired) electrons. The van der Waals surface area contributed by atoms with Crippen molar-refractivity contribution in [1.29, 1.82) is 0 Å². The van der Waals surface area contributed by atoms with Gasteiger partial charge in [0.1, 0.15) is 5.65 Å². The van der Waals surface area contributed by atoms with Crippen LogP contribution in [0.2, 0.25) is 0 Å². The van der Waals surface area contributed by atoms with Crippen molar-refractivity contribution in [1.82, 2.24) is 9.55 Å². The van der Waals surface area contributed by atoms with Crippen LogP contribution in [0.1, 0.15) is 18.4 Å². The number of nitrogens with zero attached hydrogens (tertiary/aromatic N) is 2. The van der Waals surface area contributed by atoms with Crippen molar-refractivity contribution in [3.05, 3.63) is 60.4 Å². The summed E-state index contributed by atoms with van der Waals surface area (Å²) in [4.78, 5) is 4.43. The maximum Gasteiger partial charge on any atom is 0.144 e. The lowest BCUT2D eigenvalue weighted by Crippen LogP contribution is -2.08. The second-order valence-corrected chi connectivity index (χ2v) is 4.83. The van der Waals surface area contributed by atoms with Gasteiger partial charge in [0.25, 0.3) is 0 Å². The van der Waals surface area contributed by atoms with Crippen LogP contribution in [0.15, 0.2) is 54.9 Å². The highest BCUT2D eigenvalue weighted by molar-refractivity contribution is 5.77. The Hall–Kier alpha value is -2.13. The van der Waals surface area contributed by atoms with E-state index in [0.717, 1.165) is 16.7 Å².